The number of alkyl carbamates (subject to hydrolysis) is 1. The van der Waals surface area contributed by atoms with Crippen molar-refractivity contribution < 1.29 is 9.53 Å². The standard InChI is InChI=1S/C17H21NO2S/c1-4-20-16(19)18-17(3,15-13(2)10-11-21-15)12-14-8-6-5-7-9-14/h5-11H,4,12H2,1-3H3,(H,18,19). The zero-order valence-electron chi connectivity index (χ0n) is 12.7. The number of aryl methyl sites for hydroxylation is 1. The Labute approximate surface area is 130 Å². The predicted molar refractivity (Wildman–Crippen MR) is 86.7 cm³/mol. The van der Waals surface area contributed by atoms with Gasteiger partial charge in [0.25, 0.3) is 0 Å². The van der Waals surface area contributed by atoms with Gasteiger partial charge in [-0.1, -0.05) is 30.3 Å². The first-order valence-corrected chi connectivity index (χ1v) is 7.96. The molecule has 3 nitrogen and oxygen atoms in total. The first kappa shape index (κ1) is 15.6. The number of hydrogen-bond acceptors (Lipinski definition) is 3. The summed E-state index contributed by atoms with van der Waals surface area (Å²) in [5.74, 6) is 0. The summed E-state index contributed by atoms with van der Waals surface area (Å²) in [4.78, 5) is 13.1. The lowest BCUT2D eigenvalue weighted by Crippen LogP contribution is -2.45. The molecule has 0 fully saturated rings. The van der Waals surface area contributed by atoms with Crippen LogP contribution >= 0.6 is 11.3 Å². The Bertz CT molecular complexity index is 594. The van der Waals surface area contributed by atoms with E-state index in [1.165, 1.54) is 16.0 Å². The second-order valence-electron chi connectivity index (χ2n) is 5.27. The molecule has 112 valence electrons. The van der Waals surface area contributed by atoms with Gasteiger partial charge in [0.1, 0.15) is 0 Å². The Morgan fingerprint density at radius 2 is 2.00 bits per heavy atom. The number of carbonyl (C=O) groups is 1. The van der Waals surface area contributed by atoms with Crippen molar-refractivity contribution in [1.82, 2.24) is 5.32 Å². The van der Waals surface area contributed by atoms with Crippen LogP contribution in [-0.4, -0.2) is 12.7 Å². The summed E-state index contributed by atoms with van der Waals surface area (Å²) in [6, 6.07) is 12.3. The SMILES string of the molecule is CCOC(=O)NC(C)(Cc1ccccc1)c1sccc1C. The molecule has 0 aliphatic rings. The Morgan fingerprint density at radius 1 is 1.29 bits per heavy atom. The van der Waals surface area contributed by atoms with Crippen LogP contribution in [0.3, 0.4) is 0 Å². The first-order chi connectivity index (χ1) is 10.0. The molecule has 1 heterocycles. The quantitative estimate of drug-likeness (QED) is 0.896. The molecule has 4 heteroatoms. The van der Waals surface area contributed by atoms with Gasteiger partial charge in [0.15, 0.2) is 0 Å². The van der Waals surface area contributed by atoms with Gasteiger partial charge >= 0.3 is 6.09 Å². The van der Waals surface area contributed by atoms with E-state index in [0.717, 1.165) is 6.42 Å². The van der Waals surface area contributed by atoms with Crippen LogP contribution in [0.5, 0.6) is 0 Å². The molecule has 0 saturated carbocycles. The van der Waals surface area contributed by atoms with Crippen molar-refractivity contribution in [3.63, 3.8) is 0 Å². The minimum Gasteiger partial charge on any atom is -0.450 e. The summed E-state index contributed by atoms with van der Waals surface area (Å²) in [6.45, 7) is 6.30. The zero-order chi connectivity index (χ0) is 15.3. The third kappa shape index (κ3) is 3.85. The number of rotatable bonds is 5. The second kappa shape index (κ2) is 6.76. The van der Waals surface area contributed by atoms with Crippen molar-refractivity contribution in [3.05, 3.63) is 57.8 Å². The lowest BCUT2D eigenvalue weighted by Gasteiger charge is -2.30. The van der Waals surface area contributed by atoms with Gasteiger partial charge in [0, 0.05) is 11.3 Å². The molecular weight excluding hydrogens is 282 g/mol. The molecule has 0 radical (unpaired) electrons. The third-order valence-electron chi connectivity index (χ3n) is 3.42. The Hall–Kier alpha value is -1.81. The summed E-state index contributed by atoms with van der Waals surface area (Å²) in [5, 5.41) is 5.09. The van der Waals surface area contributed by atoms with E-state index in [4.69, 9.17) is 4.74 Å². The number of ether oxygens (including phenoxy) is 1. The number of thiophene rings is 1. The van der Waals surface area contributed by atoms with E-state index >= 15 is 0 Å². The Balaban J connectivity index is 2.30. The number of benzene rings is 1. The van der Waals surface area contributed by atoms with Crippen LogP contribution in [0.2, 0.25) is 0 Å². The van der Waals surface area contributed by atoms with Crippen LogP contribution < -0.4 is 5.32 Å². The highest BCUT2D eigenvalue weighted by Crippen LogP contribution is 2.32. The Kier molecular flexibility index (Phi) is 5.02. The molecule has 1 aromatic carbocycles. The maximum absolute atomic E-state index is 11.9. The van der Waals surface area contributed by atoms with Crippen LogP contribution in [0, 0.1) is 6.92 Å². The van der Waals surface area contributed by atoms with Crippen LogP contribution in [0.4, 0.5) is 4.79 Å². The maximum Gasteiger partial charge on any atom is 0.407 e. The smallest absolute Gasteiger partial charge is 0.407 e. The van der Waals surface area contributed by atoms with Gasteiger partial charge in [-0.15, -0.1) is 11.3 Å². The Morgan fingerprint density at radius 3 is 2.57 bits per heavy atom. The summed E-state index contributed by atoms with van der Waals surface area (Å²) < 4.78 is 5.07. The van der Waals surface area contributed by atoms with Crippen molar-refractivity contribution in [3.8, 4) is 0 Å². The highest BCUT2D eigenvalue weighted by Gasteiger charge is 2.32. The normalized spacial score (nSPS) is 13.5. The monoisotopic (exact) mass is 303 g/mol. The van der Waals surface area contributed by atoms with E-state index in [9.17, 15) is 4.79 Å². The van der Waals surface area contributed by atoms with Crippen LogP contribution in [0.15, 0.2) is 41.8 Å². The minimum absolute atomic E-state index is 0.372. The van der Waals surface area contributed by atoms with E-state index in [-0.39, 0.29) is 6.09 Å². The number of carbonyl (C=O) groups excluding carboxylic acids is 1. The topological polar surface area (TPSA) is 38.3 Å². The van der Waals surface area contributed by atoms with Crippen molar-refractivity contribution >= 4 is 17.4 Å². The fourth-order valence-electron chi connectivity index (χ4n) is 2.52. The van der Waals surface area contributed by atoms with Gasteiger partial charge in [-0.3, -0.25) is 0 Å². The first-order valence-electron chi connectivity index (χ1n) is 7.08. The van der Waals surface area contributed by atoms with Gasteiger partial charge < -0.3 is 10.1 Å². The van der Waals surface area contributed by atoms with Crippen molar-refractivity contribution in [1.29, 1.82) is 0 Å². The molecule has 1 unspecified atom stereocenters. The molecule has 1 N–H and O–H groups in total. The van der Waals surface area contributed by atoms with E-state index in [1.54, 1.807) is 11.3 Å². The molecule has 1 aromatic heterocycles. The average Bonchev–Trinajstić information content (AvgIpc) is 2.87. The molecule has 0 bridgehead atoms. The molecule has 21 heavy (non-hydrogen) atoms. The molecule has 0 spiro atoms. The third-order valence-corrected chi connectivity index (χ3v) is 4.70. The molecule has 0 aliphatic carbocycles. The van der Waals surface area contributed by atoms with Gasteiger partial charge in [-0.05, 0) is 43.3 Å². The predicted octanol–water partition coefficient (Wildman–Crippen LogP) is 4.26. The molecule has 1 amide bonds. The zero-order valence-corrected chi connectivity index (χ0v) is 13.5. The van der Waals surface area contributed by atoms with Gasteiger partial charge in [-0.25, -0.2) is 4.79 Å². The number of amides is 1. The summed E-state index contributed by atoms with van der Waals surface area (Å²) in [5.41, 5.74) is 1.91. The van der Waals surface area contributed by atoms with E-state index in [2.05, 4.69) is 42.7 Å². The lowest BCUT2D eigenvalue weighted by molar-refractivity contribution is 0.139. The van der Waals surface area contributed by atoms with Crippen molar-refractivity contribution in [2.75, 3.05) is 6.61 Å². The van der Waals surface area contributed by atoms with Gasteiger partial charge in [0.05, 0.1) is 12.1 Å². The van der Waals surface area contributed by atoms with Crippen LogP contribution in [0.25, 0.3) is 0 Å². The molecule has 2 aromatic rings. The summed E-state index contributed by atoms with van der Waals surface area (Å²) >= 11 is 1.67. The number of nitrogens with one attached hydrogen (secondary N) is 1. The fraction of sp³-hybridized carbons (Fsp3) is 0.353. The van der Waals surface area contributed by atoms with E-state index in [0.29, 0.717) is 6.61 Å². The van der Waals surface area contributed by atoms with Crippen LogP contribution in [0.1, 0.15) is 29.9 Å². The highest BCUT2D eigenvalue weighted by atomic mass is 32.1. The van der Waals surface area contributed by atoms with Gasteiger partial charge in [-0.2, -0.15) is 0 Å². The number of hydrogen-bond donors (Lipinski definition) is 1. The molecular formula is C17H21NO2S. The van der Waals surface area contributed by atoms with Crippen LogP contribution in [-0.2, 0) is 16.7 Å². The fourth-order valence-corrected chi connectivity index (χ4v) is 3.56. The minimum atomic E-state index is -0.466. The summed E-state index contributed by atoms with van der Waals surface area (Å²) in [7, 11) is 0. The molecule has 0 saturated heterocycles. The van der Waals surface area contributed by atoms with E-state index < -0.39 is 5.54 Å². The van der Waals surface area contributed by atoms with Crippen molar-refractivity contribution in [2.24, 2.45) is 0 Å². The lowest BCUT2D eigenvalue weighted by atomic mass is 9.89. The van der Waals surface area contributed by atoms with E-state index in [1.807, 2.05) is 25.1 Å². The molecule has 2 rings (SSSR count). The molecule has 1 atom stereocenters. The second-order valence-corrected chi connectivity index (χ2v) is 6.19. The van der Waals surface area contributed by atoms with Gasteiger partial charge in [0.2, 0.25) is 0 Å². The largest absolute Gasteiger partial charge is 0.450 e. The summed E-state index contributed by atoms with van der Waals surface area (Å²) in [6.07, 6.45) is 0.359. The maximum atomic E-state index is 11.9. The molecule has 0 aliphatic heterocycles. The average molecular weight is 303 g/mol. The van der Waals surface area contributed by atoms with Crippen molar-refractivity contribution in [2.45, 2.75) is 32.7 Å². The highest BCUT2D eigenvalue weighted by molar-refractivity contribution is 7.10.